The first-order chi connectivity index (χ1) is 11.5. The minimum absolute atomic E-state index is 0. The monoisotopic (exact) mass is 420 g/mol. The Morgan fingerprint density at radius 1 is 1.31 bits per heavy atom. The summed E-state index contributed by atoms with van der Waals surface area (Å²) in [5, 5.41) is 4.59. The van der Waals surface area contributed by atoms with Crippen LogP contribution in [0, 0.1) is 0 Å². The van der Waals surface area contributed by atoms with E-state index in [2.05, 4.69) is 5.10 Å². The van der Waals surface area contributed by atoms with E-state index in [4.69, 9.17) is 22.1 Å². The van der Waals surface area contributed by atoms with Crippen LogP contribution in [0.15, 0.2) is 24.4 Å². The summed E-state index contributed by atoms with van der Waals surface area (Å²) in [6.45, 7) is 1.39. The van der Waals surface area contributed by atoms with E-state index in [0.717, 1.165) is 12.8 Å². The number of methoxy groups -OCH3 is 1. The number of benzene rings is 1. The Kier molecular flexibility index (Phi) is 8.06. The Hall–Kier alpha value is -1.63. The number of aromatic nitrogens is 2. The van der Waals surface area contributed by atoms with Crippen molar-refractivity contribution in [1.82, 2.24) is 14.7 Å². The fourth-order valence-electron chi connectivity index (χ4n) is 3.24. The molecule has 2 N–H and O–H groups in total. The summed E-state index contributed by atoms with van der Waals surface area (Å²) in [5.74, 6) is 0.811. The minimum atomic E-state index is -0.0720. The van der Waals surface area contributed by atoms with Crippen molar-refractivity contribution in [3.8, 4) is 5.75 Å². The molecule has 6 nitrogen and oxygen atoms in total. The molecule has 9 heteroatoms. The van der Waals surface area contributed by atoms with Crippen LogP contribution in [-0.4, -0.2) is 40.8 Å². The molecule has 0 aliphatic carbocycles. The third-order valence-electron chi connectivity index (χ3n) is 4.61. The molecule has 0 atom stereocenters. The summed E-state index contributed by atoms with van der Waals surface area (Å²) < 4.78 is 7.20. The van der Waals surface area contributed by atoms with Gasteiger partial charge in [-0.1, -0.05) is 11.6 Å². The molecule has 1 amide bonds. The molecule has 2 heterocycles. The van der Waals surface area contributed by atoms with Crippen molar-refractivity contribution in [1.29, 1.82) is 0 Å². The number of hydrogen-bond acceptors (Lipinski definition) is 4. The van der Waals surface area contributed by atoms with E-state index in [1.807, 2.05) is 28.9 Å². The molecule has 26 heavy (non-hydrogen) atoms. The van der Waals surface area contributed by atoms with Gasteiger partial charge in [0.1, 0.15) is 5.75 Å². The predicted octanol–water partition coefficient (Wildman–Crippen LogP) is 3.53. The molecule has 0 unspecified atom stereocenters. The normalized spacial score (nSPS) is 14.3. The number of nitrogens with zero attached hydrogens (tertiary/aromatic N) is 3. The van der Waals surface area contributed by atoms with Crippen LogP contribution in [0.1, 0.15) is 34.8 Å². The first kappa shape index (κ1) is 22.4. The maximum Gasteiger partial charge on any atom is 0.257 e. The van der Waals surface area contributed by atoms with Crippen molar-refractivity contribution in [2.24, 2.45) is 7.05 Å². The quantitative estimate of drug-likeness (QED) is 0.769. The van der Waals surface area contributed by atoms with Crippen molar-refractivity contribution >= 4 is 48.0 Å². The van der Waals surface area contributed by atoms with E-state index in [-0.39, 0.29) is 30.7 Å². The van der Waals surface area contributed by atoms with Gasteiger partial charge < -0.3 is 15.4 Å². The van der Waals surface area contributed by atoms with E-state index >= 15 is 0 Å². The Bertz CT molecular complexity index is 758. The Morgan fingerprint density at radius 3 is 2.50 bits per heavy atom. The number of likely N-dealkylation sites (tertiary alicyclic amines) is 1. The second-order valence-electron chi connectivity index (χ2n) is 6.02. The molecule has 0 saturated carbocycles. The van der Waals surface area contributed by atoms with Gasteiger partial charge in [0.05, 0.1) is 23.4 Å². The molecule has 1 aliphatic rings. The van der Waals surface area contributed by atoms with Crippen LogP contribution in [0.25, 0.3) is 0 Å². The lowest BCUT2D eigenvalue weighted by molar-refractivity contribution is 0.0708. The lowest BCUT2D eigenvalue weighted by Gasteiger charge is -2.32. The van der Waals surface area contributed by atoms with Crippen molar-refractivity contribution in [3.63, 3.8) is 0 Å². The minimum Gasteiger partial charge on any atom is -0.496 e. The molecule has 1 saturated heterocycles. The fourth-order valence-corrected chi connectivity index (χ4v) is 3.40. The van der Waals surface area contributed by atoms with E-state index in [0.29, 0.717) is 41.0 Å². The molecule has 1 aromatic carbocycles. The van der Waals surface area contributed by atoms with Gasteiger partial charge in [0, 0.05) is 44.0 Å². The Balaban J connectivity index is 0.00000169. The van der Waals surface area contributed by atoms with Crippen LogP contribution in [0.5, 0.6) is 5.75 Å². The molecule has 1 aromatic heterocycles. The lowest BCUT2D eigenvalue weighted by Crippen LogP contribution is -2.38. The van der Waals surface area contributed by atoms with Gasteiger partial charge >= 0.3 is 0 Å². The Morgan fingerprint density at radius 2 is 1.96 bits per heavy atom. The van der Waals surface area contributed by atoms with E-state index in [1.54, 1.807) is 12.1 Å². The zero-order valence-corrected chi connectivity index (χ0v) is 17.0. The summed E-state index contributed by atoms with van der Waals surface area (Å²) >= 11 is 6.07. The van der Waals surface area contributed by atoms with Crippen molar-refractivity contribution in [2.45, 2.75) is 18.8 Å². The number of ether oxygens (including phenoxy) is 1. The maximum atomic E-state index is 12.8. The van der Waals surface area contributed by atoms with Crippen LogP contribution in [0.2, 0.25) is 5.02 Å². The largest absolute Gasteiger partial charge is 0.496 e. The van der Waals surface area contributed by atoms with Gasteiger partial charge in [-0.05, 0) is 25.0 Å². The zero-order chi connectivity index (χ0) is 17.3. The standard InChI is InChI=1S/C17H21ClN4O2.2ClH/c1-21-15(3-6-20-21)11-4-7-22(8-5-11)17(23)12-9-13(18)14(19)10-16(12)24-2;;/h3,6,9-11H,4-5,7-8,19H2,1-2H3;2*1H. The number of halogens is 3. The summed E-state index contributed by atoms with van der Waals surface area (Å²) in [6.07, 6.45) is 3.64. The highest BCUT2D eigenvalue weighted by Gasteiger charge is 2.27. The zero-order valence-electron chi connectivity index (χ0n) is 14.6. The number of rotatable bonds is 3. The molecule has 2 aromatic rings. The van der Waals surface area contributed by atoms with Crippen LogP contribution in [0.3, 0.4) is 0 Å². The van der Waals surface area contributed by atoms with Gasteiger partial charge in [0.15, 0.2) is 0 Å². The highest BCUT2D eigenvalue weighted by molar-refractivity contribution is 6.33. The van der Waals surface area contributed by atoms with E-state index < -0.39 is 0 Å². The number of carbonyl (C=O) groups is 1. The molecule has 3 rings (SSSR count). The lowest BCUT2D eigenvalue weighted by atomic mass is 9.93. The van der Waals surface area contributed by atoms with E-state index in [1.165, 1.54) is 12.8 Å². The molecule has 0 bridgehead atoms. The second-order valence-corrected chi connectivity index (χ2v) is 6.43. The van der Waals surface area contributed by atoms with Crippen molar-refractivity contribution in [3.05, 3.63) is 40.7 Å². The molecule has 1 aliphatic heterocycles. The highest BCUT2D eigenvalue weighted by atomic mass is 35.5. The molecule has 0 radical (unpaired) electrons. The smallest absolute Gasteiger partial charge is 0.257 e. The summed E-state index contributed by atoms with van der Waals surface area (Å²) in [5.41, 5.74) is 7.86. The summed E-state index contributed by atoms with van der Waals surface area (Å²) in [7, 11) is 3.47. The third-order valence-corrected chi connectivity index (χ3v) is 4.94. The van der Waals surface area contributed by atoms with Gasteiger partial charge in [0.2, 0.25) is 0 Å². The third kappa shape index (κ3) is 4.37. The molecule has 144 valence electrons. The molecular formula is C17H23Cl3N4O2. The van der Waals surface area contributed by atoms with Crippen molar-refractivity contribution < 1.29 is 9.53 Å². The first-order valence-electron chi connectivity index (χ1n) is 7.91. The number of amides is 1. The van der Waals surface area contributed by atoms with Crippen LogP contribution in [0.4, 0.5) is 5.69 Å². The van der Waals surface area contributed by atoms with Crippen molar-refractivity contribution in [2.75, 3.05) is 25.9 Å². The first-order valence-corrected chi connectivity index (χ1v) is 8.29. The average molecular weight is 422 g/mol. The predicted molar refractivity (Wildman–Crippen MR) is 108 cm³/mol. The number of aryl methyl sites for hydroxylation is 1. The number of nitrogen functional groups attached to an aromatic ring is 1. The van der Waals surface area contributed by atoms with Gasteiger partial charge in [-0.3, -0.25) is 9.48 Å². The number of piperidine rings is 1. The number of carbonyl (C=O) groups excluding carboxylic acids is 1. The Labute approximate surface area is 170 Å². The van der Waals surface area contributed by atoms with Gasteiger partial charge in [-0.25, -0.2) is 0 Å². The summed E-state index contributed by atoms with van der Waals surface area (Å²) in [6, 6.07) is 5.23. The van der Waals surface area contributed by atoms with Gasteiger partial charge in [0.25, 0.3) is 5.91 Å². The molecular weight excluding hydrogens is 399 g/mol. The number of nitrogens with two attached hydrogens (primary N) is 1. The second kappa shape index (κ2) is 9.35. The molecule has 1 fully saturated rings. The maximum absolute atomic E-state index is 12.8. The van der Waals surface area contributed by atoms with Crippen LogP contribution >= 0.6 is 36.4 Å². The number of anilines is 1. The highest BCUT2D eigenvalue weighted by Crippen LogP contribution is 2.32. The van der Waals surface area contributed by atoms with Crippen LogP contribution in [-0.2, 0) is 7.05 Å². The SMILES string of the molecule is COc1cc(N)c(Cl)cc1C(=O)N1CCC(c2ccnn2C)CC1.Cl.Cl. The van der Waals surface area contributed by atoms with E-state index in [9.17, 15) is 4.79 Å². The van der Waals surface area contributed by atoms with Gasteiger partial charge in [-0.15, -0.1) is 24.8 Å². The fraction of sp³-hybridized carbons (Fsp3) is 0.412. The molecule has 0 spiro atoms. The topological polar surface area (TPSA) is 73.4 Å². The van der Waals surface area contributed by atoms with Gasteiger partial charge in [-0.2, -0.15) is 5.10 Å². The van der Waals surface area contributed by atoms with Crippen LogP contribution < -0.4 is 10.5 Å². The average Bonchev–Trinajstić information content (AvgIpc) is 3.02. The summed E-state index contributed by atoms with van der Waals surface area (Å²) in [4.78, 5) is 14.7. The number of hydrogen-bond donors (Lipinski definition) is 1.